The Hall–Kier alpha value is -3.10. The molecule has 0 bridgehead atoms. The van der Waals surface area contributed by atoms with Crippen molar-refractivity contribution in [1.82, 2.24) is 0 Å². The molecule has 146 valence electrons. The van der Waals surface area contributed by atoms with Crippen molar-refractivity contribution in [2.75, 3.05) is 0 Å². The number of hydrogen-bond donors (Lipinski definition) is 2. The van der Waals surface area contributed by atoms with Gasteiger partial charge >= 0.3 is 11.9 Å². The van der Waals surface area contributed by atoms with Gasteiger partial charge in [0.2, 0.25) is 12.2 Å². The molecule has 2 atom stereocenters. The Morgan fingerprint density at radius 1 is 0.679 bits per heavy atom. The third kappa shape index (κ3) is 4.99. The first-order valence-corrected chi connectivity index (χ1v) is 8.47. The molecule has 0 fully saturated rings. The maximum Gasteiger partial charge on any atom is 0.340 e. The summed E-state index contributed by atoms with van der Waals surface area (Å²) in [6, 6.07) is 11.6. The molecule has 0 aliphatic carbocycles. The highest BCUT2D eigenvalue weighted by Crippen LogP contribution is 2.20. The molecule has 2 aromatic carbocycles. The van der Waals surface area contributed by atoms with Crippen LogP contribution in [0.2, 0.25) is 10.0 Å². The second-order valence-electron chi connectivity index (χ2n) is 5.42. The van der Waals surface area contributed by atoms with E-state index in [-0.39, 0.29) is 21.2 Å². The minimum atomic E-state index is -1.98. The topological polar surface area (TPSA) is 139 Å². The molecule has 0 unspecified atom stereocenters. The Labute approximate surface area is 169 Å². The van der Waals surface area contributed by atoms with Gasteiger partial charge in [-0.05, 0) is 24.3 Å². The van der Waals surface area contributed by atoms with E-state index in [4.69, 9.17) is 44.1 Å². The molecule has 8 nitrogen and oxygen atoms in total. The van der Waals surface area contributed by atoms with Gasteiger partial charge in [-0.25, -0.2) is 9.59 Å². The Bertz CT molecular complexity index is 858. The average Bonchev–Trinajstić information content (AvgIpc) is 2.64. The van der Waals surface area contributed by atoms with Crippen molar-refractivity contribution in [3.63, 3.8) is 0 Å². The molecule has 0 saturated heterocycles. The van der Waals surface area contributed by atoms with E-state index >= 15 is 0 Å². The lowest BCUT2D eigenvalue weighted by Gasteiger charge is -2.22. The first-order chi connectivity index (χ1) is 13.2. The minimum absolute atomic E-state index is 0.0411. The van der Waals surface area contributed by atoms with Gasteiger partial charge in [0.05, 0.1) is 21.2 Å². The number of carbonyl (C=O) groups excluding carboxylic acids is 4. The number of nitrogens with two attached hydrogens (primary N) is 2. The number of amides is 2. The molecular weight excluding hydrogens is 411 g/mol. The lowest BCUT2D eigenvalue weighted by atomic mass is 10.1. The third-order valence-electron chi connectivity index (χ3n) is 3.49. The standard InChI is InChI=1S/C18H14Cl2N2O6/c19-11-7-3-1-5-9(11)17(25)27-13(15(21)23)14(16(22)24)28-18(26)10-6-2-4-8-12(10)20/h1-8,13-14H,(H2,21,23)(H2,22,24)/t13-,14-/m0/s1. The molecule has 0 heterocycles. The van der Waals surface area contributed by atoms with Crippen LogP contribution in [-0.4, -0.2) is 36.0 Å². The summed E-state index contributed by atoms with van der Waals surface area (Å²) in [5.41, 5.74) is 10.2. The molecule has 4 N–H and O–H groups in total. The zero-order valence-electron chi connectivity index (χ0n) is 14.1. The van der Waals surface area contributed by atoms with E-state index in [1.54, 1.807) is 12.1 Å². The number of carbonyl (C=O) groups is 4. The molecule has 0 aromatic heterocycles. The smallest absolute Gasteiger partial charge is 0.340 e. The SMILES string of the molecule is NC(=O)[C@@H](OC(=O)c1ccccc1Cl)[C@H](OC(=O)c1ccccc1Cl)C(N)=O. The quantitative estimate of drug-likeness (QED) is 0.648. The zero-order valence-corrected chi connectivity index (χ0v) is 15.6. The Morgan fingerprint density at radius 3 is 1.29 bits per heavy atom. The van der Waals surface area contributed by atoms with Gasteiger partial charge in [-0.1, -0.05) is 47.5 Å². The molecule has 10 heteroatoms. The predicted octanol–water partition coefficient (Wildman–Crippen LogP) is 1.71. The van der Waals surface area contributed by atoms with Crippen LogP contribution in [0.5, 0.6) is 0 Å². The highest BCUT2D eigenvalue weighted by atomic mass is 35.5. The first kappa shape index (κ1) is 21.2. The van der Waals surface area contributed by atoms with Crippen LogP contribution in [0.4, 0.5) is 0 Å². The second kappa shape index (κ2) is 9.20. The van der Waals surface area contributed by atoms with Crippen molar-refractivity contribution >= 4 is 47.0 Å². The zero-order chi connectivity index (χ0) is 20.8. The number of primary amides is 2. The van der Waals surface area contributed by atoms with E-state index in [0.29, 0.717) is 0 Å². The van der Waals surface area contributed by atoms with E-state index in [1.165, 1.54) is 36.4 Å². The molecule has 2 amide bonds. The summed E-state index contributed by atoms with van der Waals surface area (Å²) in [5, 5.41) is 0.0822. The van der Waals surface area contributed by atoms with E-state index < -0.39 is 36.0 Å². The lowest BCUT2D eigenvalue weighted by Crippen LogP contribution is -2.51. The highest BCUT2D eigenvalue weighted by molar-refractivity contribution is 6.34. The third-order valence-corrected chi connectivity index (χ3v) is 4.15. The molecule has 28 heavy (non-hydrogen) atoms. The van der Waals surface area contributed by atoms with E-state index in [1.807, 2.05) is 0 Å². The number of halogens is 2. The fourth-order valence-electron chi connectivity index (χ4n) is 2.15. The summed E-state index contributed by atoms with van der Waals surface area (Å²) in [4.78, 5) is 48.1. The largest absolute Gasteiger partial charge is 0.444 e. The van der Waals surface area contributed by atoms with Gasteiger partial charge in [0.25, 0.3) is 11.8 Å². The molecule has 0 aliphatic rings. The summed E-state index contributed by atoms with van der Waals surface area (Å²) in [7, 11) is 0. The number of ether oxygens (including phenoxy) is 2. The predicted molar refractivity (Wildman–Crippen MR) is 99.7 cm³/mol. The maximum atomic E-state index is 12.3. The number of esters is 2. The van der Waals surface area contributed by atoms with E-state index in [2.05, 4.69) is 0 Å². The van der Waals surface area contributed by atoms with E-state index in [0.717, 1.165) is 0 Å². The molecule has 0 spiro atoms. The van der Waals surface area contributed by atoms with Gasteiger partial charge in [0.15, 0.2) is 0 Å². The van der Waals surface area contributed by atoms with Crippen LogP contribution >= 0.6 is 23.2 Å². The van der Waals surface area contributed by atoms with Crippen LogP contribution in [0.15, 0.2) is 48.5 Å². The fraction of sp³-hybridized carbons (Fsp3) is 0.111. The second-order valence-corrected chi connectivity index (χ2v) is 6.23. The minimum Gasteiger partial charge on any atom is -0.444 e. The molecule has 0 radical (unpaired) electrons. The van der Waals surface area contributed by atoms with Gasteiger partial charge < -0.3 is 20.9 Å². The molecule has 0 saturated carbocycles. The van der Waals surface area contributed by atoms with Crippen molar-refractivity contribution in [3.05, 3.63) is 69.7 Å². The van der Waals surface area contributed by atoms with Gasteiger partial charge in [-0.3, -0.25) is 9.59 Å². The van der Waals surface area contributed by atoms with Crippen LogP contribution in [0.25, 0.3) is 0 Å². The summed E-state index contributed by atoms with van der Waals surface area (Å²) in [6.45, 7) is 0. The monoisotopic (exact) mass is 424 g/mol. The van der Waals surface area contributed by atoms with Crippen LogP contribution < -0.4 is 11.5 Å². The van der Waals surface area contributed by atoms with Gasteiger partial charge in [0.1, 0.15) is 0 Å². The lowest BCUT2D eigenvalue weighted by molar-refractivity contribution is -0.143. The summed E-state index contributed by atoms with van der Waals surface area (Å²) in [5.74, 6) is -4.63. The van der Waals surface area contributed by atoms with Gasteiger partial charge in [0, 0.05) is 0 Å². The van der Waals surface area contributed by atoms with Gasteiger partial charge in [-0.15, -0.1) is 0 Å². The van der Waals surface area contributed by atoms with E-state index in [9.17, 15) is 19.2 Å². The van der Waals surface area contributed by atoms with Crippen LogP contribution in [-0.2, 0) is 19.1 Å². The molecule has 2 aromatic rings. The van der Waals surface area contributed by atoms with Crippen molar-refractivity contribution in [2.24, 2.45) is 11.5 Å². The summed E-state index contributed by atoms with van der Waals surface area (Å²) in [6.07, 6.45) is -3.96. The number of rotatable bonds is 7. The maximum absolute atomic E-state index is 12.3. The van der Waals surface area contributed by atoms with Crippen LogP contribution in [0, 0.1) is 0 Å². The Kier molecular flexibility index (Phi) is 6.97. The fourth-order valence-corrected chi connectivity index (χ4v) is 2.58. The summed E-state index contributed by atoms with van der Waals surface area (Å²) >= 11 is 11.8. The number of benzene rings is 2. The van der Waals surface area contributed by atoms with Crippen LogP contribution in [0.3, 0.4) is 0 Å². The normalized spacial score (nSPS) is 12.5. The molecular formula is C18H14Cl2N2O6. The summed E-state index contributed by atoms with van der Waals surface area (Å²) < 4.78 is 9.92. The van der Waals surface area contributed by atoms with Crippen molar-refractivity contribution in [2.45, 2.75) is 12.2 Å². The van der Waals surface area contributed by atoms with Crippen molar-refractivity contribution < 1.29 is 28.7 Å². The highest BCUT2D eigenvalue weighted by Gasteiger charge is 2.38. The van der Waals surface area contributed by atoms with Gasteiger partial charge in [-0.2, -0.15) is 0 Å². The van der Waals surface area contributed by atoms with Crippen molar-refractivity contribution in [3.8, 4) is 0 Å². The Morgan fingerprint density at radius 2 is 1.00 bits per heavy atom. The number of hydrogen-bond acceptors (Lipinski definition) is 6. The molecule has 0 aliphatic heterocycles. The average molecular weight is 425 g/mol. The first-order valence-electron chi connectivity index (χ1n) is 7.72. The Balaban J connectivity index is 2.27. The molecule has 2 rings (SSSR count). The van der Waals surface area contributed by atoms with Crippen molar-refractivity contribution in [1.29, 1.82) is 0 Å². The van der Waals surface area contributed by atoms with Crippen LogP contribution in [0.1, 0.15) is 20.7 Å².